The fourth-order valence-corrected chi connectivity index (χ4v) is 6.86. The maximum absolute atomic E-state index is 6.32. The number of hydrogen-bond acceptors (Lipinski definition) is 4. The fourth-order valence-electron chi connectivity index (χ4n) is 6.86. The summed E-state index contributed by atoms with van der Waals surface area (Å²) in [7, 11) is 0. The Balaban J connectivity index is 1.01. The van der Waals surface area contributed by atoms with Gasteiger partial charge >= 0.3 is 0 Å². The highest BCUT2D eigenvalue weighted by Gasteiger charge is 2.15. The van der Waals surface area contributed by atoms with E-state index in [9.17, 15) is 0 Å². The van der Waals surface area contributed by atoms with Crippen molar-refractivity contribution in [2.45, 2.75) is 0 Å². The molecule has 3 heterocycles. The van der Waals surface area contributed by atoms with Crippen LogP contribution in [0.4, 0.5) is 11.4 Å². The molecule has 1 N–H and O–H groups in total. The van der Waals surface area contributed by atoms with Gasteiger partial charge in [-0.05, 0) is 71.3 Å². The zero-order valence-electron chi connectivity index (χ0n) is 24.6. The predicted molar refractivity (Wildman–Crippen MR) is 189 cm³/mol. The zero-order chi connectivity index (χ0) is 30.2. The minimum absolute atomic E-state index is 0.826. The molecule has 0 bridgehead atoms. The number of para-hydroxylation sites is 3. The van der Waals surface area contributed by atoms with Crippen LogP contribution in [0.5, 0.6) is 0 Å². The van der Waals surface area contributed by atoms with Gasteiger partial charge in [0.05, 0.1) is 0 Å². The zero-order valence-corrected chi connectivity index (χ0v) is 24.6. The lowest BCUT2D eigenvalue weighted by atomic mass is 10.0. The van der Waals surface area contributed by atoms with Crippen molar-refractivity contribution in [3.05, 3.63) is 146 Å². The summed E-state index contributed by atoms with van der Waals surface area (Å²) in [6, 6.07) is 50.4. The second-order valence-electron chi connectivity index (χ2n) is 11.8. The summed E-state index contributed by atoms with van der Waals surface area (Å²) in [6.07, 6.45) is 0. The largest absolute Gasteiger partial charge is 0.456 e. The lowest BCUT2D eigenvalue weighted by Gasteiger charge is -2.11. The Morgan fingerprint density at radius 2 is 0.891 bits per heavy atom. The number of hydrogen-bond donors (Lipinski definition) is 1. The van der Waals surface area contributed by atoms with Crippen molar-refractivity contribution in [2.24, 2.45) is 0 Å². The van der Waals surface area contributed by atoms with E-state index in [1.54, 1.807) is 0 Å². The van der Waals surface area contributed by atoms with E-state index in [4.69, 9.17) is 13.3 Å². The highest BCUT2D eigenvalue weighted by Crippen LogP contribution is 2.39. The summed E-state index contributed by atoms with van der Waals surface area (Å²) in [5, 5.41) is 10.3. The van der Waals surface area contributed by atoms with Crippen molar-refractivity contribution < 1.29 is 13.3 Å². The van der Waals surface area contributed by atoms with E-state index in [2.05, 4.69) is 115 Å². The van der Waals surface area contributed by atoms with Gasteiger partial charge in [0.1, 0.15) is 33.5 Å². The summed E-state index contributed by atoms with van der Waals surface area (Å²) in [5.41, 5.74) is 11.7. The van der Waals surface area contributed by atoms with Gasteiger partial charge in [0, 0.05) is 55.3 Å². The lowest BCUT2D eigenvalue weighted by Crippen LogP contribution is -1.91. The van der Waals surface area contributed by atoms with E-state index in [0.29, 0.717) is 0 Å². The van der Waals surface area contributed by atoms with Crippen LogP contribution in [-0.2, 0) is 0 Å². The molecule has 216 valence electrons. The third-order valence-corrected chi connectivity index (χ3v) is 9.03. The van der Waals surface area contributed by atoms with E-state index >= 15 is 0 Å². The summed E-state index contributed by atoms with van der Waals surface area (Å²) >= 11 is 0. The molecule has 0 spiro atoms. The quantitative estimate of drug-likeness (QED) is 0.221. The van der Waals surface area contributed by atoms with Gasteiger partial charge in [-0.15, -0.1) is 0 Å². The monoisotopic (exact) mass is 591 g/mol. The van der Waals surface area contributed by atoms with Crippen LogP contribution in [0.25, 0.3) is 88.1 Å². The molecular weight excluding hydrogens is 566 g/mol. The van der Waals surface area contributed by atoms with Gasteiger partial charge < -0.3 is 18.6 Å². The minimum Gasteiger partial charge on any atom is -0.456 e. The summed E-state index contributed by atoms with van der Waals surface area (Å²) < 4.78 is 18.7. The first-order chi connectivity index (χ1) is 22.7. The predicted octanol–water partition coefficient (Wildman–Crippen LogP) is 12.5. The highest BCUT2D eigenvalue weighted by atomic mass is 16.3. The van der Waals surface area contributed by atoms with Gasteiger partial charge in [0.25, 0.3) is 0 Å². The average Bonchev–Trinajstić information content (AvgIpc) is 3.78. The van der Waals surface area contributed by atoms with Gasteiger partial charge in [-0.25, -0.2) is 0 Å². The first-order valence-electron chi connectivity index (χ1n) is 15.4. The molecule has 0 atom stereocenters. The molecule has 4 heteroatoms. The van der Waals surface area contributed by atoms with Crippen LogP contribution >= 0.6 is 0 Å². The summed E-state index contributed by atoms with van der Waals surface area (Å²) in [5.74, 6) is 0. The van der Waals surface area contributed by atoms with Gasteiger partial charge in [0.15, 0.2) is 0 Å². The second-order valence-corrected chi connectivity index (χ2v) is 11.8. The topological polar surface area (TPSA) is 51.5 Å². The lowest BCUT2D eigenvalue weighted by molar-refractivity contribution is 0.656. The molecule has 0 aliphatic heterocycles. The number of rotatable bonds is 4. The maximum Gasteiger partial charge on any atom is 0.143 e. The first-order valence-corrected chi connectivity index (χ1v) is 15.4. The van der Waals surface area contributed by atoms with E-state index in [0.717, 1.165) is 99.4 Å². The Hall–Kier alpha value is -6.26. The third-order valence-electron chi connectivity index (χ3n) is 9.03. The number of nitrogens with one attached hydrogen (secondary N) is 1. The minimum atomic E-state index is 0.826. The van der Waals surface area contributed by atoms with Crippen LogP contribution in [0.1, 0.15) is 0 Å². The molecule has 0 fully saturated rings. The van der Waals surface area contributed by atoms with Gasteiger partial charge in [0.2, 0.25) is 0 Å². The molecule has 46 heavy (non-hydrogen) atoms. The molecule has 4 nitrogen and oxygen atoms in total. The molecule has 7 aromatic carbocycles. The Kier molecular flexibility index (Phi) is 5.25. The van der Waals surface area contributed by atoms with Crippen molar-refractivity contribution in [1.82, 2.24) is 0 Å². The normalized spacial score (nSPS) is 11.9. The van der Waals surface area contributed by atoms with Crippen LogP contribution in [0, 0.1) is 0 Å². The molecular formula is C42H25NO3. The van der Waals surface area contributed by atoms with E-state index in [-0.39, 0.29) is 0 Å². The fraction of sp³-hybridized carbons (Fsp3) is 0. The standard InChI is InChI=1S/C42H25NO3/c1-4-17-38-31(12-1)33-15-7-14-30(42(33)46-38)27-9-6-11-29(21-27)43-28-10-5-8-25(20-28)26-18-19-39-34(22-26)36-23-35-32-13-2-3-16-37(32)44-40(35)24-41(36)45-39/h1-24,43H. The molecule has 0 aliphatic carbocycles. The van der Waals surface area contributed by atoms with Crippen molar-refractivity contribution >= 4 is 77.2 Å². The molecule has 0 saturated carbocycles. The van der Waals surface area contributed by atoms with Crippen LogP contribution in [-0.4, -0.2) is 0 Å². The van der Waals surface area contributed by atoms with Crippen molar-refractivity contribution in [2.75, 3.05) is 5.32 Å². The SMILES string of the molecule is c1cc(Nc2cccc(-c3cccc4c3oc3ccccc34)c2)cc(-c2ccc3oc4cc5oc6ccccc6c5cc4c3c2)c1. The van der Waals surface area contributed by atoms with Crippen molar-refractivity contribution in [1.29, 1.82) is 0 Å². The van der Waals surface area contributed by atoms with Gasteiger partial charge in [-0.1, -0.05) is 84.9 Å². The van der Waals surface area contributed by atoms with Crippen LogP contribution < -0.4 is 5.32 Å². The molecule has 0 unspecified atom stereocenters. The van der Waals surface area contributed by atoms with Gasteiger partial charge in [-0.2, -0.15) is 0 Å². The first kappa shape index (κ1) is 25.1. The molecule has 3 aromatic heterocycles. The van der Waals surface area contributed by atoms with Crippen molar-refractivity contribution in [3.8, 4) is 22.3 Å². The van der Waals surface area contributed by atoms with Crippen molar-refractivity contribution in [3.63, 3.8) is 0 Å². The smallest absolute Gasteiger partial charge is 0.143 e. The maximum atomic E-state index is 6.32. The molecule has 10 aromatic rings. The molecule has 0 amide bonds. The number of anilines is 2. The number of fused-ring (bicyclic) bond motifs is 9. The molecule has 0 aliphatic rings. The molecule has 10 rings (SSSR count). The van der Waals surface area contributed by atoms with Gasteiger partial charge in [-0.3, -0.25) is 0 Å². The highest BCUT2D eigenvalue weighted by molar-refractivity contribution is 6.15. The Bertz CT molecular complexity index is 2800. The third kappa shape index (κ3) is 3.87. The number of furan rings is 3. The second kappa shape index (κ2) is 9.62. The van der Waals surface area contributed by atoms with Crippen LogP contribution in [0.15, 0.2) is 159 Å². The van der Waals surface area contributed by atoms with Crippen LogP contribution in [0.2, 0.25) is 0 Å². The Labute approximate surface area is 263 Å². The summed E-state index contributed by atoms with van der Waals surface area (Å²) in [4.78, 5) is 0. The Morgan fingerprint density at radius 1 is 0.326 bits per heavy atom. The van der Waals surface area contributed by atoms with E-state index in [1.807, 2.05) is 36.4 Å². The van der Waals surface area contributed by atoms with E-state index in [1.165, 1.54) is 0 Å². The summed E-state index contributed by atoms with van der Waals surface area (Å²) in [6.45, 7) is 0. The molecule has 0 radical (unpaired) electrons. The number of benzene rings is 7. The Morgan fingerprint density at radius 3 is 1.70 bits per heavy atom. The van der Waals surface area contributed by atoms with E-state index < -0.39 is 0 Å². The molecule has 0 saturated heterocycles. The average molecular weight is 592 g/mol. The van der Waals surface area contributed by atoms with Crippen LogP contribution in [0.3, 0.4) is 0 Å².